The Morgan fingerprint density at radius 3 is 2.19 bits per heavy atom. The van der Waals surface area contributed by atoms with Crippen LogP contribution in [0, 0.1) is 30.9 Å². The highest BCUT2D eigenvalue weighted by molar-refractivity contribution is 5.94. The number of benzene rings is 3. The van der Waals surface area contributed by atoms with Gasteiger partial charge in [0.15, 0.2) is 0 Å². The SMILES string of the molecule is Cc1ccc(-c2cc(C(=O)N3CCN(c4ccccc4C)CC3)n(-c3ccc([N+](=O)[O-])cc3)n2)cc1C. The number of non-ortho nitro benzene ring substituents is 1. The molecule has 0 atom stereocenters. The van der Waals surface area contributed by atoms with Gasteiger partial charge in [-0.3, -0.25) is 14.9 Å². The van der Waals surface area contributed by atoms with Crippen LogP contribution in [0.3, 0.4) is 0 Å². The number of hydrogen-bond donors (Lipinski definition) is 0. The minimum absolute atomic E-state index is 0.00880. The number of carbonyl (C=O) groups is 1. The standard InChI is InChI=1S/C29H29N5O3/c1-20-8-9-23(18-22(20)3)26-19-28(33(30-26)24-10-12-25(13-11-24)34(36)37)29(35)32-16-14-31(15-17-32)27-7-5-4-6-21(27)2/h4-13,18-19H,14-17H2,1-3H3. The van der Waals surface area contributed by atoms with Crippen molar-refractivity contribution in [3.8, 4) is 16.9 Å². The zero-order valence-electron chi connectivity index (χ0n) is 21.2. The average Bonchev–Trinajstić information content (AvgIpc) is 3.36. The molecular formula is C29H29N5O3. The van der Waals surface area contributed by atoms with E-state index >= 15 is 0 Å². The van der Waals surface area contributed by atoms with E-state index in [4.69, 9.17) is 5.10 Å². The van der Waals surface area contributed by atoms with Gasteiger partial charge in [0.25, 0.3) is 11.6 Å². The molecule has 1 fully saturated rings. The first-order chi connectivity index (χ1) is 17.8. The van der Waals surface area contributed by atoms with Crippen LogP contribution >= 0.6 is 0 Å². The summed E-state index contributed by atoms with van der Waals surface area (Å²) in [6, 6.07) is 22.3. The molecule has 5 rings (SSSR count). The Balaban J connectivity index is 1.46. The van der Waals surface area contributed by atoms with E-state index in [2.05, 4.69) is 36.9 Å². The zero-order chi connectivity index (χ0) is 26.1. The maximum Gasteiger partial charge on any atom is 0.272 e. The monoisotopic (exact) mass is 495 g/mol. The molecule has 0 bridgehead atoms. The molecule has 8 heteroatoms. The van der Waals surface area contributed by atoms with Crippen molar-refractivity contribution >= 4 is 17.3 Å². The van der Waals surface area contributed by atoms with Crippen molar-refractivity contribution in [2.75, 3.05) is 31.1 Å². The van der Waals surface area contributed by atoms with Crippen LogP contribution < -0.4 is 4.90 Å². The summed E-state index contributed by atoms with van der Waals surface area (Å²) in [7, 11) is 0. The quantitative estimate of drug-likeness (QED) is 0.276. The first-order valence-electron chi connectivity index (χ1n) is 12.3. The summed E-state index contributed by atoms with van der Waals surface area (Å²) in [5.41, 5.74) is 7.37. The molecule has 2 heterocycles. The highest BCUT2D eigenvalue weighted by Gasteiger charge is 2.27. The van der Waals surface area contributed by atoms with Gasteiger partial charge in [-0.05, 0) is 67.8 Å². The Hall–Kier alpha value is -4.46. The van der Waals surface area contributed by atoms with Gasteiger partial charge in [0.1, 0.15) is 5.69 Å². The molecule has 0 unspecified atom stereocenters. The van der Waals surface area contributed by atoms with Gasteiger partial charge < -0.3 is 9.80 Å². The molecule has 4 aromatic rings. The maximum atomic E-state index is 13.8. The highest BCUT2D eigenvalue weighted by Crippen LogP contribution is 2.27. The van der Waals surface area contributed by atoms with Gasteiger partial charge in [0, 0.05) is 49.6 Å². The Morgan fingerprint density at radius 1 is 0.838 bits per heavy atom. The van der Waals surface area contributed by atoms with Gasteiger partial charge in [-0.1, -0.05) is 30.3 Å². The van der Waals surface area contributed by atoms with Crippen molar-refractivity contribution < 1.29 is 9.72 Å². The highest BCUT2D eigenvalue weighted by atomic mass is 16.6. The molecule has 1 amide bonds. The molecule has 0 saturated carbocycles. The number of carbonyl (C=O) groups excluding carboxylic acids is 1. The minimum Gasteiger partial charge on any atom is -0.368 e. The average molecular weight is 496 g/mol. The van der Waals surface area contributed by atoms with Gasteiger partial charge in [-0.2, -0.15) is 5.10 Å². The van der Waals surface area contributed by atoms with Crippen molar-refractivity contribution in [3.05, 3.63) is 105 Å². The molecule has 1 aliphatic heterocycles. The van der Waals surface area contributed by atoms with Crippen LogP contribution in [0.4, 0.5) is 11.4 Å². The van der Waals surface area contributed by atoms with Gasteiger partial charge in [-0.15, -0.1) is 0 Å². The second-order valence-corrected chi connectivity index (χ2v) is 9.46. The summed E-state index contributed by atoms with van der Waals surface area (Å²) in [5.74, 6) is -0.106. The summed E-state index contributed by atoms with van der Waals surface area (Å²) < 4.78 is 1.60. The summed E-state index contributed by atoms with van der Waals surface area (Å²) in [6.07, 6.45) is 0. The van der Waals surface area contributed by atoms with Crippen molar-refractivity contribution in [1.82, 2.24) is 14.7 Å². The first-order valence-corrected chi connectivity index (χ1v) is 12.3. The minimum atomic E-state index is -0.437. The van der Waals surface area contributed by atoms with Crippen LogP contribution in [-0.4, -0.2) is 51.7 Å². The van der Waals surface area contributed by atoms with Crippen LogP contribution in [-0.2, 0) is 0 Å². The fourth-order valence-electron chi connectivity index (χ4n) is 4.72. The van der Waals surface area contributed by atoms with E-state index in [9.17, 15) is 14.9 Å². The predicted molar refractivity (Wildman–Crippen MR) is 144 cm³/mol. The van der Waals surface area contributed by atoms with E-state index < -0.39 is 4.92 Å². The predicted octanol–water partition coefficient (Wildman–Crippen LogP) is 5.34. The fourth-order valence-corrected chi connectivity index (χ4v) is 4.72. The van der Waals surface area contributed by atoms with Crippen molar-refractivity contribution in [2.45, 2.75) is 20.8 Å². The van der Waals surface area contributed by atoms with Crippen LogP contribution in [0.5, 0.6) is 0 Å². The molecule has 37 heavy (non-hydrogen) atoms. The Kier molecular flexibility index (Phi) is 6.48. The Morgan fingerprint density at radius 2 is 1.54 bits per heavy atom. The number of nitro benzene ring substituents is 1. The van der Waals surface area contributed by atoms with Crippen LogP contribution in [0.2, 0.25) is 0 Å². The largest absolute Gasteiger partial charge is 0.368 e. The third-order valence-electron chi connectivity index (χ3n) is 7.06. The van der Waals surface area contributed by atoms with Crippen LogP contribution in [0.25, 0.3) is 16.9 Å². The molecule has 1 saturated heterocycles. The Bertz CT molecular complexity index is 1470. The number of hydrogen-bond acceptors (Lipinski definition) is 5. The first kappa shape index (κ1) is 24.2. The number of nitro groups is 1. The smallest absolute Gasteiger partial charge is 0.272 e. The molecule has 0 radical (unpaired) electrons. The molecule has 3 aromatic carbocycles. The molecule has 0 N–H and O–H groups in total. The van der Waals surface area contributed by atoms with Gasteiger partial charge in [0.05, 0.1) is 16.3 Å². The number of para-hydroxylation sites is 1. The lowest BCUT2D eigenvalue weighted by molar-refractivity contribution is -0.384. The molecular weight excluding hydrogens is 466 g/mol. The number of nitrogens with zero attached hydrogens (tertiary/aromatic N) is 5. The molecule has 0 aliphatic carbocycles. The number of piperazine rings is 1. The topological polar surface area (TPSA) is 84.5 Å². The Labute approximate surface area is 215 Å². The normalized spacial score (nSPS) is 13.6. The zero-order valence-corrected chi connectivity index (χ0v) is 21.2. The third-order valence-corrected chi connectivity index (χ3v) is 7.06. The van der Waals surface area contributed by atoms with E-state index in [1.54, 1.807) is 16.8 Å². The van der Waals surface area contributed by atoms with Crippen molar-refractivity contribution in [1.29, 1.82) is 0 Å². The van der Waals surface area contributed by atoms with E-state index in [1.807, 2.05) is 42.2 Å². The molecule has 0 spiro atoms. The third kappa shape index (κ3) is 4.82. The number of aryl methyl sites for hydroxylation is 3. The van der Waals surface area contributed by atoms with E-state index in [0.29, 0.717) is 30.2 Å². The lowest BCUT2D eigenvalue weighted by atomic mass is 10.0. The van der Waals surface area contributed by atoms with Crippen molar-refractivity contribution in [2.24, 2.45) is 0 Å². The molecule has 8 nitrogen and oxygen atoms in total. The van der Waals surface area contributed by atoms with Crippen LogP contribution in [0.15, 0.2) is 72.8 Å². The molecule has 1 aromatic heterocycles. The van der Waals surface area contributed by atoms with Gasteiger partial charge >= 0.3 is 0 Å². The van der Waals surface area contributed by atoms with E-state index in [1.165, 1.54) is 28.9 Å². The van der Waals surface area contributed by atoms with Crippen molar-refractivity contribution in [3.63, 3.8) is 0 Å². The number of anilines is 1. The summed E-state index contributed by atoms with van der Waals surface area (Å²) in [6.45, 7) is 8.88. The molecule has 188 valence electrons. The lowest BCUT2D eigenvalue weighted by Crippen LogP contribution is -2.49. The molecule has 1 aliphatic rings. The summed E-state index contributed by atoms with van der Waals surface area (Å²) in [5, 5.41) is 15.9. The second-order valence-electron chi connectivity index (χ2n) is 9.46. The van der Waals surface area contributed by atoms with Gasteiger partial charge in [-0.25, -0.2) is 4.68 Å². The van der Waals surface area contributed by atoms with E-state index in [0.717, 1.165) is 24.2 Å². The van der Waals surface area contributed by atoms with Crippen LogP contribution in [0.1, 0.15) is 27.2 Å². The number of aromatic nitrogens is 2. The summed E-state index contributed by atoms with van der Waals surface area (Å²) in [4.78, 5) is 28.7. The number of rotatable bonds is 5. The maximum absolute atomic E-state index is 13.8. The van der Waals surface area contributed by atoms with Gasteiger partial charge in [0.2, 0.25) is 0 Å². The van der Waals surface area contributed by atoms with E-state index in [-0.39, 0.29) is 11.6 Å². The fraction of sp³-hybridized carbons (Fsp3) is 0.241. The number of amides is 1. The lowest BCUT2D eigenvalue weighted by Gasteiger charge is -2.36. The second kappa shape index (κ2) is 9.89. The summed E-state index contributed by atoms with van der Waals surface area (Å²) >= 11 is 0.